The molecule has 0 spiro atoms. The Morgan fingerprint density at radius 1 is 1.23 bits per heavy atom. The maximum absolute atomic E-state index is 8.87. The van der Waals surface area contributed by atoms with Crippen molar-refractivity contribution in [3.05, 3.63) is 48.2 Å². The van der Waals surface area contributed by atoms with Crippen molar-refractivity contribution in [2.24, 2.45) is 0 Å². The Labute approximate surface area is 159 Å². The van der Waals surface area contributed by atoms with Crippen molar-refractivity contribution in [2.75, 3.05) is 43.0 Å². The highest BCUT2D eigenvalue weighted by molar-refractivity contribution is 7.80. The van der Waals surface area contributed by atoms with Crippen molar-refractivity contribution in [2.45, 2.75) is 6.92 Å². The standard InChI is InChI=1S/C19H21N5OS/c1-2-25-17-6-4-3-5-16(17)22-19(26)24-11-9-23(10-12-24)18-8-7-15(13-20)14-21-18/h3-8,14H,2,9-12H2,1H3,(H,22,26). The molecule has 2 heterocycles. The maximum atomic E-state index is 8.87. The van der Waals surface area contributed by atoms with Gasteiger partial charge < -0.3 is 19.9 Å². The second-order valence-corrected chi connectivity index (χ2v) is 6.24. The van der Waals surface area contributed by atoms with Crippen LogP contribution >= 0.6 is 12.2 Å². The molecule has 0 atom stereocenters. The zero-order chi connectivity index (χ0) is 18.4. The van der Waals surface area contributed by atoms with Gasteiger partial charge in [-0.05, 0) is 43.4 Å². The molecule has 1 aromatic carbocycles. The van der Waals surface area contributed by atoms with E-state index in [4.69, 9.17) is 22.2 Å². The number of hydrogen-bond donors (Lipinski definition) is 1. The third kappa shape index (κ3) is 4.21. The number of anilines is 2. The monoisotopic (exact) mass is 367 g/mol. The Bertz CT molecular complexity index is 794. The number of nitrogens with zero attached hydrogens (tertiary/aromatic N) is 4. The average Bonchev–Trinajstić information content (AvgIpc) is 2.70. The van der Waals surface area contributed by atoms with Gasteiger partial charge in [0.05, 0.1) is 17.9 Å². The second-order valence-electron chi connectivity index (χ2n) is 5.85. The Morgan fingerprint density at radius 2 is 2.00 bits per heavy atom. The van der Waals surface area contributed by atoms with E-state index < -0.39 is 0 Å². The molecule has 1 aromatic heterocycles. The Hall–Kier alpha value is -2.85. The summed E-state index contributed by atoms with van der Waals surface area (Å²) < 4.78 is 5.64. The van der Waals surface area contributed by atoms with Gasteiger partial charge in [-0.2, -0.15) is 5.26 Å². The molecule has 0 radical (unpaired) electrons. The summed E-state index contributed by atoms with van der Waals surface area (Å²) in [5.41, 5.74) is 1.46. The lowest BCUT2D eigenvalue weighted by molar-refractivity contribution is 0.341. The first-order chi connectivity index (χ1) is 12.7. The Kier molecular flexibility index (Phi) is 5.87. The molecule has 0 amide bonds. The summed E-state index contributed by atoms with van der Waals surface area (Å²) in [5, 5.41) is 12.9. The summed E-state index contributed by atoms with van der Waals surface area (Å²) in [5.74, 6) is 1.70. The van der Waals surface area contributed by atoms with Gasteiger partial charge >= 0.3 is 0 Å². The van der Waals surface area contributed by atoms with Crippen LogP contribution in [0, 0.1) is 11.3 Å². The number of ether oxygens (including phenoxy) is 1. The molecular formula is C19H21N5OS. The Morgan fingerprint density at radius 3 is 2.65 bits per heavy atom. The molecule has 0 bridgehead atoms. The minimum atomic E-state index is 0.575. The largest absolute Gasteiger partial charge is 0.492 e. The highest BCUT2D eigenvalue weighted by atomic mass is 32.1. The van der Waals surface area contributed by atoms with Gasteiger partial charge in [0.1, 0.15) is 17.6 Å². The van der Waals surface area contributed by atoms with Crippen molar-refractivity contribution in [3.63, 3.8) is 0 Å². The summed E-state index contributed by atoms with van der Waals surface area (Å²) in [6, 6.07) is 13.6. The van der Waals surface area contributed by atoms with Crippen LogP contribution in [0.2, 0.25) is 0 Å². The number of thiocarbonyl (C=S) groups is 1. The van der Waals surface area contributed by atoms with Crippen LogP contribution in [0.25, 0.3) is 0 Å². The van der Waals surface area contributed by atoms with Crippen molar-refractivity contribution in [1.29, 1.82) is 5.26 Å². The summed E-state index contributed by atoms with van der Waals surface area (Å²) in [7, 11) is 0. The number of benzene rings is 1. The molecule has 26 heavy (non-hydrogen) atoms. The van der Waals surface area contributed by atoms with Crippen LogP contribution in [-0.4, -0.2) is 47.8 Å². The number of aromatic nitrogens is 1. The first-order valence-electron chi connectivity index (χ1n) is 8.60. The fraction of sp³-hybridized carbons (Fsp3) is 0.316. The van der Waals surface area contributed by atoms with Crippen LogP contribution in [0.5, 0.6) is 5.75 Å². The first kappa shape index (κ1) is 18.0. The van der Waals surface area contributed by atoms with E-state index in [1.54, 1.807) is 12.3 Å². The summed E-state index contributed by atoms with van der Waals surface area (Å²) in [6.07, 6.45) is 1.61. The van der Waals surface area contributed by atoms with Crippen molar-refractivity contribution >= 4 is 28.8 Å². The lowest BCUT2D eigenvalue weighted by Crippen LogP contribution is -2.50. The number of para-hydroxylation sites is 2. The minimum absolute atomic E-state index is 0.575. The second kappa shape index (κ2) is 8.50. The molecule has 7 heteroatoms. The maximum Gasteiger partial charge on any atom is 0.173 e. The molecule has 0 aliphatic carbocycles. The van der Waals surface area contributed by atoms with E-state index in [2.05, 4.69) is 26.2 Å². The highest BCUT2D eigenvalue weighted by Crippen LogP contribution is 2.24. The molecule has 6 nitrogen and oxygen atoms in total. The fourth-order valence-corrected chi connectivity index (χ4v) is 3.12. The summed E-state index contributed by atoms with van der Waals surface area (Å²) in [6.45, 7) is 5.85. The molecular weight excluding hydrogens is 346 g/mol. The van der Waals surface area contributed by atoms with E-state index >= 15 is 0 Å². The van der Waals surface area contributed by atoms with E-state index in [9.17, 15) is 0 Å². The van der Waals surface area contributed by atoms with E-state index in [-0.39, 0.29) is 0 Å². The van der Waals surface area contributed by atoms with E-state index in [0.717, 1.165) is 43.4 Å². The van der Waals surface area contributed by atoms with E-state index in [1.165, 1.54) is 0 Å². The zero-order valence-corrected chi connectivity index (χ0v) is 15.5. The van der Waals surface area contributed by atoms with E-state index in [0.29, 0.717) is 17.3 Å². The van der Waals surface area contributed by atoms with Gasteiger partial charge in [-0.15, -0.1) is 0 Å². The predicted octanol–water partition coefficient (Wildman–Crippen LogP) is 2.87. The first-order valence-corrected chi connectivity index (χ1v) is 9.01. The van der Waals surface area contributed by atoms with E-state index in [1.807, 2.05) is 37.3 Å². The molecule has 1 aliphatic rings. The molecule has 1 fully saturated rings. The zero-order valence-electron chi connectivity index (χ0n) is 14.7. The fourth-order valence-electron chi connectivity index (χ4n) is 2.82. The smallest absolute Gasteiger partial charge is 0.173 e. The summed E-state index contributed by atoms with van der Waals surface area (Å²) in [4.78, 5) is 8.72. The van der Waals surface area contributed by atoms with Crippen LogP contribution in [0.1, 0.15) is 12.5 Å². The number of pyridine rings is 1. The quantitative estimate of drug-likeness (QED) is 0.834. The minimum Gasteiger partial charge on any atom is -0.492 e. The summed E-state index contributed by atoms with van der Waals surface area (Å²) >= 11 is 5.58. The van der Waals surface area contributed by atoms with Crippen LogP contribution in [-0.2, 0) is 0 Å². The van der Waals surface area contributed by atoms with Gasteiger partial charge in [-0.3, -0.25) is 0 Å². The highest BCUT2D eigenvalue weighted by Gasteiger charge is 2.20. The molecule has 0 unspecified atom stereocenters. The third-order valence-corrected chi connectivity index (χ3v) is 4.56. The SMILES string of the molecule is CCOc1ccccc1NC(=S)N1CCN(c2ccc(C#N)cn2)CC1. The average molecular weight is 367 g/mol. The van der Waals surface area contributed by atoms with Crippen LogP contribution < -0.4 is 15.0 Å². The molecule has 134 valence electrons. The van der Waals surface area contributed by atoms with Gasteiger partial charge in [0.25, 0.3) is 0 Å². The van der Waals surface area contributed by atoms with Gasteiger partial charge in [0.15, 0.2) is 5.11 Å². The van der Waals surface area contributed by atoms with Gasteiger partial charge in [0, 0.05) is 32.4 Å². The number of nitriles is 1. The lowest BCUT2D eigenvalue weighted by atomic mass is 10.2. The third-order valence-electron chi connectivity index (χ3n) is 4.20. The number of piperazine rings is 1. The molecule has 1 N–H and O–H groups in total. The van der Waals surface area contributed by atoms with Crippen molar-refractivity contribution in [3.8, 4) is 11.8 Å². The number of rotatable bonds is 4. The van der Waals surface area contributed by atoms with Crippen LogP contribution in [0.3, 0.4) is 0 Å². The number of nitrogens with one attached hydrogen (secondary N) is 1. The Balaban J connectivity index is 1.57. The van der Waals surface area contributed by atoms with Crippen molar-refractivity contribution in [1.82, 2.24) is 9.88 Å². The van der Waals surface area contributed by atoms with Crippen molar-refractivity contribution < 1.29 is 4.74 Å². The van der Waals surface area contributed by atoms with Crippen LogP contribution in [0.4, 0.5) is 11.5 Å². The molecule has 3 rings (SSSR count). The van der Waals surface area contributed by atoms with Crippen LogP contribution in [0.15, 0.2) is 42.6 Å². The molecule has 2 aromatic rings. The normalized spacial score (nSPS) is 13.8. The predicted molar refractivity (Wildman–Crippen MR) is 107 cm³/mol. The topological polar surface area (TPSA) is 64.4 Å². The number of hydrogen-bond acceptors (Lipinski definition) is 5. The molecule has 1 saturated heterocycles. The van der Waals surface area contributed by atoms with Gasteiger partial charge in [-0.1, -0.05) is 12.1 Å². The lowest BCUT2D eigenvalue weighted by Gasteiger charge is -2.36. The van der Waals surface area contributed by atoms with Gasteiger partial charge in [0.2, 0.25) is 0 Å². The molecule has 1 aliphatic heterocycles. The molecule has 0 saturated carbocycles. The van der Waals surface area contributed by atoms with Gasteiger partial charge in [-0.25, -0.2) is 4.98 Å².